The third kappa shape index (κ3) is 7.91. The minimum absolute atomic E-state index is 0.283. The van der Waals surface area contributed by atoms with Crippen molar-refractivity contribution in [3.8, 4) is 0 Å². The summed E-state index contributed by atoms with van der Waals surface area (Å²) in [6.45, 7) is 9.67. The summed E-state index contributed by atoms with van der Waals surface area (Å²) in [5.74, 6) is 0.283. The van der Waals surface area contributed by atoms with E-state index >= 15 is 0 Å². The average Bonchev–Trinajstić information content (AvgIpc) is 2.40. The lowest BCUT2D eigenvalue weighted by atomic mass is 10.1. The maximum Gasteiger partial charge on any atom is 0.410 e. The number of halogens is 2. The molecule has 0 aliphatic rings. The van der Waals surface area contributed by atoms with Gasteiger partial charge in [0.15, 0.2) is 0 Å². The molecule has 6 heteroatoms. The molecule has 1 unspecified atom stereocenters. The van der Waals surface area contributed by atoms with Gasteiger partial charge in [0.2, 0.25) is 0 Å². The van der Waals surface area contributed by atoms with Crippen LogP contribution in [0.4, 0.5) is 4.79 Å². The maximum absolute atomic E-state index is 11.9. The van der Waals surface area contributed by atoms with Gasteiger partial charge in [0.05, 0.1) is 0 Å². The van der Waals surface area contributed by atoms with Crippen LogP contribution in [0.2, 0.25) is 10.0 Å². The zero-order valence-electron chi connectivity index (χ0n) is 14.5. The van der Waals surface area contributed by atoms with E-state index in [2.05, 4.69) is 12.2 Å². The Morgan fingerprint density at radius 1 is 1.35 bits per heavy atom. The first-order valence-corrected chi connectivity index (χ1v) is 8.43. The molecule has 0 bridgehead atoms. The summed E-state index contributed by atoms with van der Waals surface area (Å²) < 4.78 is 5.34. The van der Waals surface area contributed by atoms with Crippen molar-refractivity contribution < 1.29 is 9.53 Å². The fraction of sp³-hybridized carbons (Fsp3) is 0.588. The van der Waals surface area contributed by atoms with Gasteiger partial charge in [0.1, 0.15) is 5.60 Å². The quantitative estimate of drug-likeness (QED) is 0.806. The number of amides is 1. The van der Waals surface area contributed by atoms with Gasteiger partial charge in [-0.3, -0.25) is 0 Å². The summed E-state index contributed by atoms with van der Waals surface area (Å²) in [6, 6.07) is 5.42. The SMILES string of the molecule is CC(CNCc1cc(Cl)ccc1Cl)CN(C)C(=O)OC(C)(C)C. The van der Waals surface area contributed by atoms with E-state index in [0.29, 0.717) is 23.1 Å². The van der Waals surface area contributed by atoms with Crippen molar-refractivity contribution in [2.45, 2.75) is 39.8 Å². The first-order chi connectivity index (χ1) is 10.6. The number of carbonyl (C=O) groups is 1. The van der Waals surface area contributed by atoms with E-state index in [1.54, 1.807) is 24.1 Å². The molecule has 1 aromatic carbocycles. The number of ether oxygens (including phenoxy) is 1. The largest absolute Gasteiger partial charge is 0.444 e. The monoisotopic (exact) mass is 360 g/mol. The van der Waals surface area contributed by atoms with Crippen LogP contribution < -0.4 is 5.32 Å². The highest BCUT2D eigenvalue weighted by Gasteiger charge is 2.20. The Kier molecular flexibility index (Phi) is 7.65. The molecule has 0 saturated carbocycles. The van der Waals surface area contributed by atoms with Crippen molar-refractivity contribution in [2.75, 3.05) is 20.1 Å². The Labute approximate surface area is 149 Å². The van der Waals surface area contributed by atoms with Gasteiger partial charge in [-0.05, 0) is 57.0 Å². The standard InChI is InChI=1S/C17H26Cl2N2O2/c1-12(11-21(5)16(22)23-17(2,3)4)9-20-10-13-8-14(18)6-7-15(13)19/h6-8,12,20H,9-11H2,1-5H3. The normalized spacial score (nSPS) is 12.8. The van der Waals surface area contributed by atoms with Crippen LogP contribution in [0.1, 0.15) is 33.3 Å². The predicted octanol–water partition coefficient (Wildman–Crippen LogP) is 4.59. The topological polar surface area (TPSA) is 41.6 Å². The molecule has 1 aromatic rings. The van der Waals surface area contributed by atoms with E-state index in [-0.39, 0.29) is 12.0 Å². The molecular weight excluding hydrogens is 335 g/mol. The fourth-order valence-corrected chi connectivity index (χ4v) is 2.46. The molecule has 1 amide bonds. The van der Waals surface area contributed by atoms with Gasteiger partial charge in [-0.15, -0.1) is 0 Å². The maximum atomic E-state index is 11.9. The predicted molar refractivity (Wildman–Crippen MR) is 96.2 cm³/mol. The number of rotatable bonds is 6. The van der Waals surface area contributed by atoms with Crippen LogP contribution in [-0.2, 0) is 11.3 Å². The first-order valence-electron chi connectivity index (χ1n) is 7.67. The number of carbonyl (C=O) groups excluding carboxylic acids is 1. The van der Waals surface area contributed by atoms with Crippen LogP contribution in [0.15, 0.2) is 18.2 Å². The number of hydrogen-bond donors (Lipinski definition) is 1. The van der Waals surface area contributed by atoms with Gasteiger partial charge < -0.3 is 15.0 Å². The fourth-order valence-electron chi connectivity index (χ4n) is 2.08. The van der Waals surface area contributed by atoms with E-state index < -0.39 is 5.60 Å². The van der Waals surface area contributed by atoms with Gasteiger partial charge in [0, 0.05) is 30.2 Å². The zero-order chi connectivity index (χ0) is 17.6. The van der Waals surface area contributed by atoms with Gasteiger partial charge in [-0.1, -0.05) is 30.1 Å². The second kappa shape index (κ2) is 8.76. The van der Waals surface area contributed by atoms with E-state index in [4.69, 9.17) is 27.9 Å². The molecule has 0 spiro atoms. The van der Waals surface area contributed by atoms with E-state index in [1.165, 1.54) is 0 Å². The van der Waals surface area contributed by atoms with Crippen molar-refractivity contribution in [2.24, 2.45) is 5.92 Å². The Bertz CT molecular complexity index is 530. The summed E-state index contributed by atoms with van der Waals surface area (Å²) in [5, 5.41) is 4.71. The second-order valence-corrected chi connectivity index (χ2v) is 7.68. The third-order valence-corrected chi connectivity index (χ3v) is 3.71. The van der Waals surface area contributed by atoms with Crippen molar-refractivity contribution in [3.63, 3.8) is 0 Å². The summed E-state index contributed by atoms with van der Waals surface area (Å²) in [7, 11) is 1.75. The minimum Gasteiger partial charge on any atom is -0.444 e. The Morgan fingerprint density at radius 3 is 2.61 bits per heavy atom. The molecule has 0 saturated heterocycles. The number of benzene rings is 1. The molecule has 0 aliphatic heterocycles. The summed E-state index contributed by atoms with van der Waals surface area (Å²) in [4.78, 5) is 13.5. The van der Waals surface area contributed by atoms with Crippen LogP contribution in [0, 0.1) is 5.92 Å². The molecule has 0 heterocycles. The van der Waals surface area contributed by atoms with Crippen LogP contribution >= 0.6 is 23.2 Å². The molecule has 23 heavy (non-hydrogen) atoms. The van der Waals surface area contributed by atoms with Crippen LogP contribution in [0.25, 0.3) is 0 Å². The number of nitrogens with one attached hydrogen (secondary N) is 1. The van der Waals surface area contributed by atoms with Gasteiger partial charge in [0.25, 0.3) is 0 Å². The van der Waals surface area contributed by atoms with E-state index in [0.717, 1.165) is 12.1 Å². The molecule has 0 radical (unpaired) electrons. The smallest absolute Gasteiger partial charge is 0.410 e. The lowest BCUT2D eigenvalue weighted by Crippen LogP contribution is -2.38. The number of nitrogens with zero attached hydrogens (tertiary/aromatic N) is 1. The van der Waals surface area contributed by atoms with Gasteiger partial charge >= 0.3 is 6.09 Å². The molecular formula is C17H26Cl2N2O2. The lowest BCUT2D eigenvalue weighted by molar-refractivity contribution is 0.0277. The van der Waals surface area contributed by atoms with E-state index in [1.807, 2.05) is 26.8 Å². The highest BCUT2D eigenvalue weighted by molar-refractivity contribution is 6.33. The highest BCUT2D eigenvalue weighted by Crippen LogP contribution is 2.20. The molecule has 0 fully saturated rings. The molecule has 130 valence electrons. The van der Waals surface area contributed by atoms with Crippen LogP contribution in [-0.4, -0.2) is 36.7 Å². The number of hydrogen-bond acceptors (Lipinski definition) is 3. The van der Waals surface area contributed by atoms with E-state index in [9.17, 15) is 4.79 Å². The molecule has 1 atom stereocenters. The zero-order valence-corrected chi connectivity index (χ0v) is 16.0. The first kappa shape index (κ1) is 20.1. The van der Waals surface area contributed by atoms with Gasteiger partial charge in [-0.25, -0.2) is 4.79 Å². The average molecular weight is 361 g/mol. The van der Waals surface area contributed by atoms with Crippen LogP contribution in [0.3, 0.4) is 0 Å². The minimum atomic E-state index is -0.476. The van der Waals surface area contributed by atoms with Crippen molar-refractivity contribution in [3.05, 3.63) is 33.8 Å². The molecule has 1 N–H and O–H groups in total. The summed E-state index contributed by atoms with van der Waals surface area (Å²) >= 11 is 12.1. The Morgan fingerprint density at radius 2 is 2.00 bits per heavy atom. The molecule has 0 aliphatic carbocycles. The van der Waals surface area contributed by atoms with Crippen molar-refractivity contribution in [1.82, 2.24) is 10.2 Å². The highest BCUT2D eigenvalue weighted by atomic mass is 35.5. The lowest BCUT2D eigenvalue weighted by Gasteiger charge is -2.26. The van der Waals surface area contributed by atoms with Crippen LogP contribution in [0.5, 0.6) is 0 Å². The Hall–Kier alpha value is -0.970. The van der Waals surface area contributed by atoms with Gasteiger partial charge in [-0.2, -0.15) is 0 Å². The van der Waals surface area contributed by atoms with Crippen molar-refractivity contribution in [1.29, 1.82) is 0 Å². The van der Waals surface area contributed by atoms with Crippen molar-refractivity contribution >= 4 is 29.3 Å². The molecule has 1 rings (SSSR count). The second-order valence-electron chi connectivity index (χ2n) is 6.83. The summed E-state index contributed by atoms with van der Waals surface area (Å²) in [5.41, 5.74) is 0.489. The molecule has 0 aromatic heterocycles. The third-order valence-electron chi connectivity index (χ3n) is 3.11. The molecule has 4 nitrogen and oxygen atoms in total. The Balaban J connectivity index is 2.38. The summed E-state index contributed by atoms with van der Waals surface area (Å²) in [6.07, 6.45) is -0.303.